The highest BCUT2D eigenvalue weighted by Crippen LogP contribution is 2.29. The fourth-order valence-electron chi connectivity index (χ4n) is 2.72. The van der Waals surface area contributed by atoms with E-state index in [1.165, 1.54) is 6.07 Å². The quantitative estimate of drug-likeness (QED) is 0.560. The van der Waals surface area contributed by atoms with E-state index in [9.17, 15) is 18.0 Å². The number of nitrogens with one attached hydrogen (secondary N) is 1. The number of carbonyl (C=O) groups is 1. The van der Waals surface area contributed by atoms with Crippen LogP contribution in [0.2, 0.25) is 0 Å². The van der Waals surface area contributed by atoms with Gasteiger partial charge in [0.1, 0.15) is 5.69 Å². The summed E-state index contributed by atoms with van der Waals surface area (Å²) in [5.41, 5.74) is 0.456. The number of aryl methyl sites for hydroxylation is 2. The van der Waals surface area contributed by atoms with Crippen molar-refractivity contribution in [3.63, 3.8) is 0 Å². The van der Waals surface area contributed by atoms with Crippen LogP contribution < -0.4 is 5.32 Å². The van der Waals surface area contributed by atoms with E-state index in [4.69, 9.17) is 4.52 Å². The molecule has 4 heterocycles. The monoisotopic (exact) mass is 403 g/mol. The number of fused-ring (bicyclic) bond motifs is 1. The Morgan fingerprint density at radius 3 is 2.76 bits per heavy atom. The van der Waals surface area contributed by atoms with E-state index >= 15 is 0 Å². The third kappa shape index (κ3) is 3.51. The lowest BCUT2D eigenvalue weighted by Crippen LogP contribution is -2.17. The molecule has 0 radical (unpaired) electrons. The lowest BCUT2D eigenvalue weighted by atomic mass is 10.1. The molecule has 0 spiro atoms. The van der Waals surface area contributed by atoms with Crippen molar-refractivity contribution in [3.05, 3.63) is 47.7 Å². The highest BCUT2D eigenvalue weighted by Gasteiger charge is 2.33. The van der Waals surface area contributed by atoms with Gasteiger partial charge in [0, 0.05) is 25.0 Å². The Morgan fingerprint density at radius 1 is 1.28 bits per heavy atom. The minimum absolute atomic E-state index is 0.105. The average Bonchev–Trinajstić information content (AvgIpc) is 3.26. The van der Waals surface area contributed by atoms with Crippen LogP contribution in [0.3, 0.4) is 0 Å². The third-order valence-corrected chi connectivity index (χ3v) is 4.03. The van der Waals surface area contributed by atoms with Crippen molar-refractivity contribution in [3.8, 4) is 11.3 Å². The van der Waals surface area contributed by atoms with Gasteiger partial charge < -0.3 is 4.52 Å². The standard InChI is InChI=1S/C17H12F3N7O2/c1-8-13-10(14(28)25-16-21-4-3-12(24-16)17(18,19)20)5-11(23-15(13)29-26-8)9-6-22-27(2)7-9/h3-7H,1-2H3,(H,21,24,25,28). The fraction of sp³-hybridized carbons (Fsp3) is 0.176. The van der Waals surface area contributed by atoms with Crippen molar-refractivity contribution >= 4 is 23.0 Å². The molecule has 0 aliphatic heterocycles. The Kier molecular flexibility index (Phi) is 4.25. The second-order valence-corrected chi connectivity index (χ2v) is 6.12. The molecule has 148 valence electrons. The molecule has 0 aromatic carbocycles. The summed E-state index contributed by atoms with van der Waals surface area (Å²) in [6.07, 6.45) is -0.506. The lowest BCUT2D eigenvalue weighted by molar-refractivity contribution is -0.141. The fourth-order valence-corrected chi connectivity index (χ4v) is 2.72. The van der Waals surface area contributed by atoms with Gasteiger partial charge in [-0.05, 0) is 19.1 Å². The van der Waals surface area contributed by atoms with Crippen molar-refractivity contribution in [2.45, 2.75) is 13.1 Å². The van der Waals surface area contributed by atoms with Crippen molar-refractivity contribution in [2.75, 3.05) is 5.32 Å². The number of aromatic nitrogens is 6. The Hall–Kier alpha value is -3.83. The lowest BCUT2D eigenvalue weighted by Gasteiger charge is -2.09. The largest absolute Gasteiger partial charge is 0.433 e. The predicted molar refractivity (Wildman–Crippen MR) is 93.7 cm³/mol. The van der Waals surface area contributed by atoms with Crippen LogP contribution in [-0.4, -0.2) is 35.8 Å². The first kappa shape index (κ1) is 18.5. The van der Waals surface area contributed by atoms with Gasteiger partial charge in [-0.3, -0.25) is 14.8 Å². The molecule has 0 atom stereocenters. The van der Waals surface area contributed by atoms with Gasteiger partial charge in [0.2, 0.25) is 5.95 Å². The summed E-state index contributed by atoms with van der Waals surface area (Å²) in [4.78, 5) is 24.2. The molecule has 9 nitrogen and oxygen atoms in total. The SMILES string of the molecule is Cc1noc2nc(-c3cnn(C)c3)cc(C(=O)Nc3nccc(C(F)(F)F)n3)c12. The van der Waals surface area contributed by atoms with Gasteiger partial charge >= 0.3 is 6.18 Å². The van der Waals surface area contributed by atoms with Gasteiger partial charge in [-0.2, -0.15) is 18.3 Å². The molecule has 0 bridgehead atoms. The molecule has 1 N–H and O–H groups in total. The first-order chi connectivity index (χ1) is 13.7. The number of amides is 1. The summed E-state index contributed by atoms with van der Waals surface area (Å²) in [6, 6.07) is 2.19. The minimum atomic E-state index is -4.66. The molecule has 0 fully saturated rings. The van der Waals surface area contributed by atoms with Crippen LogP contribution >= 0.6 is 0 Å². The van der Waals surface area contributed by atoms with Gasteiger partial charge in [-0.15, -0.1) is 0 Å². The molecular formula is C17H12F3N7O2. The van der Waals surface area contributed by atoms with Gasteiger partial charge in [0.05, 0.1) is 28.5 Å². The van der Waals surface area contributed by atoms with Gasteiger partial charge in [0.15, 0.2) is 0 Å². The Bertz CT molecular complexity index is 1230. The van der Waals surface area contributed by atoms with E-state index in [1.807, 2.05) is 0 Å². The third-order valence-electron chi connectivity index (χ3n) is 4.03. The van der Waals surface area contributed by atoms with Crippen LogP contribution in [0.15, 0.2) is 35.2 Å². The second-order valence-electron chi connectivity index (χ2n) is 6.12. The number of anilines is 1. The van der Waals surface area contributed by atoms with E-state index in [0.717, 1.165) is 6.20 Å². The van der Waals surface area contributed by atoms with E-state index in [2.05, 4.69) is 30.5 Å². The normalized spacial score (nSPS) is 11.8. The summed E-state index contributed by atoms with van der Waals surface area (Å²) in [5, 5.41) is 10.5. The summed E-state index contributed by atoms with van der Waals surface area (Å²) in [5.74, 6) is -1.21. The maximum atomic E-state index is 12.9. The summed E-state index contributed by atoms with van der Waals surface area (Å²) in [7, 11) is 1.72. The number of pyridine rings is 1. The zero-order valence-electron chi connectivity index (χ0n) is 15.0. The first-order valence-corrected chi connectivity index (χ1v) is 8.20. The van der Waals surface area contributed by atoms with Crippen LogP contribution in [0.5, 0.6) is 0 Å². The van der Waals surface area contributed by atoms with Crippen molar-refractivity contribution in [2.24, 2.45) is 7.05 Å². The molecular weight excluding hydrogens is 391 g/mol. The van der Waals surface area contributed by atoms with Gasteiger partial charge in [-0.25, -0.2) is 15.0 Å². The maximum Gasteiger partial charge on any atom is 0.433 e. The number of halogens is 3. The summed E-state index contributed by atoms with van der Waals surface area (Å²) >= 11 is 0. The van der Waals surface area contributed by atoms with Crippen LogP contribution in [0, 0.1) is 6.92 Å². The minimum Gasteiger partial charge on any atom is -0.335 e. The predicted octanol–water partition coefficient (Wildman–Crippen LogP) is 2.99. The highest BCUT2D eigenvalue weighted by molar-refractivity contribution is 6.12. The van der Waals surface area contributed by atoms with Crippen LogP contribution in [0.25, 0.3) is 22.4 Å². The second kappa shape index (κ2) is 6.65. The number of hydrogen-bond donors (Lipinski definition) is 1. The highest BCUT2D eigenvalue weighted by atomic mass is 19.4. The topological polar surface area (TPSA) is 112 Å². The maximum absolute atomic E-state index is 12.9. The van der Waals surface area contributed by atoms with E-state index in [-0.39, 0.29) is 11.3 Å². The molecule has 1 amide bonds. The number of hydrogen-bond acceptors (Lipinski definition) is 7. The molecule has 4 aromatic heterocycles. The van der Waals surface area contributed by atoms with E-state index < -0.39 is 23.7 Å². The Morgan fingerprint density at radius 2 is 2.07 bits per heavy atom. The molecule has 4 aromatic rings. The summed E-state index contributed by atoms with van der Waals surface area (Å²) < 4.78 is 45.3. The van der Waals surface area contributed by atoms with E-state index in [1.54, 1.807) is 31.0 Å². The smallest absolute Gasteiger partial charge is 0.335 e. The Balaban J connectivity index is 1.76. The number of carbonyl (C=O) groups excluding carboxylic acids is 1. The molecule has 12 heteroatoms. The average molecular weight is 403 g/mol. The van der Waals surface area contributed by atoms with Crippen LogP contribution in [-0.2, 0) is 13.2 Å². The van der Waals surface area contributed by atoms with Crippen molar-refractivity contribution in [1.29, 1.82) is 0 Å². The summed E-state index contributed by atoms with van der Waals surface area (Å²) in [6.45, 7) is 1.62. The van der Waals surface area contributed by atoms with Gasteiger partial charge in [0.25, 0.3) is 11.6 Å². The van der Waals surface area contributed by atoms with Crippen LogP contribution in [0.4, 0.5) is 19.1 Å². The molecule has 0 aliphatic rings. The number of nitrogens with zero attached hydrogens (tertiary/aromatic N) is 6. The molecule has 29 heavy (non-hydrogen) atoms. The molecule has 0 aliphatic carbocycles. The van der Waals surface area contributed by atoms with Crippen molar-refractivity contribution < 1.29 is 22.5 Å². The Labute approximate surface area is 160 Å². The molecule has 0 saturated carbocycles. The number of alkyl halides is 3. The molecule has 0 unspecified atom stereocenters. The molecule has 0 saturated heterocycles. The zero-order chi connectivity index (χ0) is 20.8. The number of rotatable bonds is 3. The van der Waals surface area contributed by atoms with E-state index in [0.29, 0.717) is 28.4 Å². The zero-order valence-corrected chi connectivity index (χ0v) is 15.0. The van der Waals surface area contributed by atoms with Crippen molar-refractivity contribution in [1.82, 2.24) is 29.9 Å². The molecule has 4 rings (SSSR count). The first-order valence-electron chi connectivity index (χ1n) is 8.20. The van der Waals surface area contributed by atoms with Crippen LogP contribution in [0.1, 0.15) is 21.7 Å². The van der Waals surface area contributed by atoms with Gasteiger partial charge in [-0.1, -0.05) is 5.16 Å².